The van der Waals surface area contributed by atoms with E-state index >= 15 is 0 Å². The van der Waals surface area contributed by atoms with Crippen molar-refractivity contribution in [3.05, 3.63) is 0 Å². The molecule has 0 aromatic heterocycles. The summed E-state index contributed by atoms with van der Waals surface area (Å²) in [6, 6.07) is 0. The second kappa shape index (κ2) is 13.8. The lowest BCUT2D eigenvalue weighted by Crippen LogP contribution is -2.64. The second-order valence-electron chi connectivity index (χ2n) is 8.55. The Labute approximate surface area is 192 Å². The Hall–Kier alpha value is -0.930. The summed E-state index contributed by atoms with van der Waals surface area (Å²) in [7, 11) is 0. The van der Waals surface area contributed by atoms with E-state index in [1.807, 2.05) is 0 Å². The van der Waals surface area contributed by atoms with Crippen LogP contribution in [0.1, 0.15) is 51.9 Å². The lowest BCUT2D eigenvalue weighted by atomic mass is 9.97. The van der Waals surface area contributed by atoms with Gasteiger partial charge in [0.2, 0.25) is 0 Å². The van der Waals surface area contributed by atoms with E-state index in [0.29, 0.717) is 6.42 Å². The van der Waals surface area contributed by atoms with Gasteiger partial charge in [0.05, 0.1) is 6.61 Å². The summed E-state index contributed by atoms with van der Waals surface area (Å²) >= 11 is 0. The molecule has 33 heavy (non-hydrogen) atoms. The Kier molecular flexibility index (Phi) is 11.9. The van der Waals surface area contributed by atoms with E-state index in [2.05, 4.69) is 6.92 Å². The molecule has 194 valence electrons. The van der Waals surface area contributed by atoms with Crippen LogP contribution in [0.2, 0.25) is 0 Å². The molecule has 0 radical (unpaired) electrons. The van der Waals surface area contributed by atoms with Gasteiger partial charge in [-0.2, -0.15) is 0 Å². The first-order valence-electron chi connectivity index (χ1n) is 11.5. The van der Waals surface area contributed by atoms with Gasteiger partial charge in [-0.25, -0.2) is 0 Å². The van der Waals surface area contributed by atoms with Crippen molar-refractivity contribution < 1.29 is 59.5 Å². The molecule has 0 aromatic carbocycles. The third-order valence-corrected chi connectivity index (χ3v) is 5.94. The molecule has 0 spiro atoms. The molecule has 2 fully saturated rings. The van der Waals surface area contributed by atoms with E-state index in [1.165, 1.54) is 0 Å². The molecular formula is C21H38O12. The first kappa shape index (κ1) is 28.3. The summed E-state index contributed by atoms with van der Waals surface area (Å²) in [6.45, 7) is 1.02. The van der Waals surface area contributed by atoms with Crippen molar-refractivity contribution in [1.29, 1.82) is 0 Å². The molecule has 0 aliphatic carbocycles. The summed E-state index contributed by atoms with van der Waals surface area (Å²) < 4.78 is 21.0. The van der Waals surface area contributed by atoms with Gasteiger partial charge in [-0.1, -0.05) is 39.0 Å². The number of esters is 1. The highest BCUT2D eigenvalue weighted by Gasteiger charge is 2.50. The molecule has 0 amide bonds. The van der Waals surface area contributed by atoms with Crippen molar-refractivity contribution in [1.82, 2.24) is 0 Å². The van der Waals surface area contributed by atoms with Gasteiger partial charge in [-0.15, -0.1) is 0 Å². The fourth-order valence-electron chi connectivity index (χ4n) is 3.85. The maximum Gasteiger partial charge on any atom is 0.305 e. The van der Waals surface area contributed by atoms with E-state index in [-0.39, 0.29) is 6.42 Å². The smallest absolute Gasteiger partial charge is 0.305 e. The Balaban J connectivity index is 1.89. The molecule has 12 nitrogen and oxygen atoms in total. The molecule has 2 rings (SSSR count). The number of hydrogen-bond donors (Lipinski definition) is 7. The maximum atomic E-state index is 12.0. The molecule has 7 N–H and O–H groups in total. The molecule has 0 unspecified atom stereocenters. The van der Waals surface area contributed by atoms with Crippen LogP contribution in [0.15, 0.2) is 0 Å². The molecular weight excluding hydrogens is 444 g/mol. The van der Waals surface area contributed by atoms with Crippen LogP contribution in [0.5, 0.6) is 0 Å². The molecule has 0 bridgehead atoms. The number of aliphatic hydroxyl groups excluding tert-OH is 7. The molecule has 12 heteroatoms. The van der Waals surface area contributed by atoms with Crippen LogP contribution in [-0.4, -0.2) is 116 Å². The van der Waals surface area contributed by atoms with Crippen molar-refractivity contribution in [3.63, 3.8) is 0 Å². The van der Waals surface area contributed by atoms with E-state index < -0.39 is 80.6 Å². The van der Waals surface area contributed by atoms with E-state index in [9.17, 15) is 40.5 Å². The molecule has 0 saturated carbocycles. The largest absolute Gasteiger partial charge is 0.463 e. The quantitative estimate of drug-likeness (QED) is 0.118. The summed E-state index contributed by atoms with van der Waals surface area (Å²) in [5.41, 5.74) is 0. The molecule has 0 aromatic rings. The number of hydrogen-bond acceptors (Lipinski definition) is 12. The second-order valence-corrected chi connectivity index (χ2v) is 8.55. The van der Waals surface area contributed by atoms with Crippen molar-refractivity contribution in [2.24, 2.45) is 0 Å². The Bertz CT molecular complexity index is 575. The fourth-order valence-corrected chi connectivity index (χ4v) is 3.85. The summed E-state index contributed by atoms with van der Waals surface area (Å²) in [5.74, 6) is -0.493. The van der Waals surface area contributed by atoms with Gasteiger partial charge in [0.25, 0.3) is 0 Å². The minimum Gasteiger partial charge on any atom is -0.463 e. The number of carbonyl (C=O) groups excluding carboxylic acids is 1. The monoisotopic (exact) mass is 482 g/mol. The zero-order valence-electron chi connectivity index (χ0n) is 18.8. The third-order valence-electron chi connectivity index (χ3n) is 5.94. The van der Waals surface area contributed by atoms with E-state index in [1.54, 1.807) is 0 Å². The van der Waals surface area contributed by atoms with Crippen LogP contribution < -0.4 is 0 Å². The van der Waals surface area contributed by atoms with Crippen LogP contribution in [0.25, 0.3) is 0 Å². The number of rotatable bonds is 12. The number of carbonyl (C=O) groups is 1. The minimum absolute atomic E-state index is 0.198. The van der Waals surface area contributed by atoms with Gasteiger partial charge in [0.15, 0.2) is 12.6 Å². The first-order valence-corrected chi connectivity index (χ1v) is 11.5. The first-order chi connectivity index (χ1) is 15.7. The average molecular weight is 483 g/mol. The van der Waals surface area contributed by atoms with Gasteiger partial charge in [0, 0.05) is 6.42 Å². The lowest BCUT2D eigenvalue weighted by molar-refractivity contribution is -0.355. The summed E-state index contributed by atoms with van der Waals surface area (Å²) in [4.78, 5) is 12.0. The Morgan fingerprint density at radius 1 is 0.788 bits per heavy atom. The van der Waals surface area contributed by atoms with Crippen LogP contribution in [0.3, 0.4) is 0 Å². The zero-order valence-corrected chi connectivity index (χ0v) is 18.8. The van der Waals surface area contributed by atoms with E-state index in [4.69, 9.17) is 18.9 Å². The topological polar surface area (TPSA) is 196 Å². The molecule has 2 aliphatic heterocycles. The molecule has 2 heterocycles. The normalized spacial score (nSPS) is 39.4. The van der Waals surface area contributed by atoms with Crippen molar-refractivity contribution >= 4 is 5.97 Å². The SMILES string of the molecule is CCCCCCCCC(=O)OC[C@H]1O[C@H](O[C@H]2[C@H](O)[C@@H](O)[C@@H](O)O[C@@H]2CO)[C@H](O)[C@@H](O)[C@@H]1O. The summed E-state index contributed by atoms with van der Waals surface area (Å²) in [5, 5.41) is 69.6. The molecule has 10 atom stereocenters. The van der Waals surface area contributed by atoms with Gasteiger partial charge in [-0.3, -0.25) is 4.79 Å². The summed E-state index contributed by atoms with van der Waals surface area (Å²) in [6.07, 6.45) is -9.68. The standard InChI is InChI=1S/C21H38O12/c1-2-3-4-5-6-7-8-13(23)30-10-12-14(24)15(25)18(28)21(32-12)33-19-11(9-22)31-20(29)17(27)16(19)26/h11-12,14-22,24-29H,2-10H2,1H3/t11-,12-,14-,15+,16-,17-,18-,19-,20+,21-/m1/s1. The predicted molar refractivity (Wildman–Crippen MR) is 110 cm³/mol. The van der Waals surface area contributed by atoms with Crippen LogP contribution in [0, 0.1) is 0 Å². The highest BCUT2D eigenvalue weighted by atomic mass is 16.7. The van der Waals surface area contributed by atoms with Gasteiger partial charge in [-0.05, 0) is 6.42 Å². The fraction of sp³-hybridized carbons (Fsp3) is 0.952. The van der Waals surface area contributed by atoms with Gasteiger partial charge in [0.1, 0.15) is 55.4 Å². The average Bonchev–Trinajstić information content (AvgIpc) is 2.80. The number of ether oxygens (including phenoxy) is 4. The minimum atomic E-state index is -1.76. The van der Waals surface area contributed by atoms with Gasteiger partial charge >= 0.3 is 5.97 Å². The predicted octanol–water partition coefficient (Wildman–Crippen LogP) is -2.10. The molecule has 2 aliphatic rings. The van der Waals surface area contributed by atoms with Crippen LogP contribution in [0.4, 0.5) is 0 Å². The third kappa shape index (κ3) is 7.79. The number of aliphatic hydroxyl groups is 7. The maximum absolute atomic E-state index is 12.0. The Morgan fingerprint density at radius 2 is 1.45 bits per heavy atom. The highest BCUT2D eigenvalue weighted by Crippen LogP contribution is 2.28. The van der Waals surface area contributed by atoms with E-state index in [0.717, 1.165) is 32.1 Å². The van der Waals surface area contributed by atoms with Crippen LogP contribution >= 0.6 is 0 Å². The van der Waals surface area contributed by atoms with Gasteiger partial charge < -0.3 is 54.7 Å². The van der Waals surface area contributed by atoms with Crippen molar-refractivity contribution in [3.8, 4) is 0 Å². The highest BCUT2D eigenvalue weighted by molar-refractivity contribution is 5.69. The zero-order chi connectivity index (χ0) is 24.5. The van der Waals surface area contributed by atoms with Crippen molar-refractivity contribution in [2.45, 2.75) is 113 Å². The van der Waals surface area contributed by atoms with Crippen LogP contribution in [-0.2, 0) is 23.7 Å². The Morgan fingerprint density at radius 3 is 2.12 bits per heavy atom. The molecule has 2 saturated heterocycles. The van der Waals surface area contributed by atoms with Crippen molar-refractivity contribution in [2.75, 3.05) is 13.2 Å². The lowest BCUT2D eigenvalue weighted by Gasteiger charge is -2.45. The number of unbranched alkanes of at least 4 members (excludes halogenated alkanes) is 5.